The van der Waals surface area contributed by atoms with Gasteiger partial charge < -0.3 is 10.1 Å². The average molecular weight is 376 g/mol. The molecule has 1 atom stereocenters. The lowest BCUT2D eigenvalue weighted by molar-refractivity contribution is -0.123. The summed E-state index contributed by atoms with van der Waals surface area (Å²) in [7, 11) is 0. The first-order valence-corrected chi connectivity index (χ1v) is 10.0. The van der Waals surface area contributed by atoms with Crippen LogP contribution in [0.25, 0.3) is 0 Å². The first-order valence-electron chi connectivity index (χ1n) is 9.15. The summed E-state index contributed by atoms with van der Waals surface area (Å²) >= 11 is 1.73. The monoisotopic (exact) mass is 376 g/mol. The number of hydrogen-bond donors (Lipinski definition) is 1. The number of halogens is 1. The maximum Gasteiger partial charge on any atom is 0.258 e. The normalized spacial score (nSPS) is 16.7. The smallest absolute Gasteiger partial charge is 0.258 e. The molecule has 0 spiro atoms. The highest BCUT2D eigenvalue weighted by atomic mass is 32.1. The number of thiophene rings is 1. The molecule has 0 radical (unpaired) electrons. The fraction of sp³-hybridized carbons (Fsp3) is 0.450. The molecule has 3 rings (SSSR count). The lowest BCUT2D eigenvalue weighted by atomic mass is 10.2. The molecule has 1 N–H and O–H groups in total. The zero-order chi connectivity index (χ0) is 18.2. The number of ether oxygens (including phenoxy) is 1. The number of carbonyl (C=O) groups is 1. The lowest BCUT2D eigenvalue weighted by Crippen LogP contribution is -2.39. The molecule has 4 nitrogen and oxygen atoms in total. The summed E-state index contributed by atoms with van der Waals surface area (Å²) in [6, 6.07) is 10.1. The van der Waals surface area contributed by atoms with Crippen molar-refractivity contribution >= 4 is 17.2 Å². The van der Waals surface area contributed by atoms with Gasteiger partial charge in [0.1, 0.15) is 11.6 Å². The molecule has 1 aliphatic heterocycles. The van der Waals surface area contributed by atoms with Crippen LogP contribution in [-0.4, -0.2) is 37.0 Å². The summed E-state index contributed by atoms with van der Waals surface area (Å²) in [5.74, 6) is 0.00705. The highest BCUT2D eigenvalue weighted by molar-refractivity contribution is 7.10. The van der Waals surface area contributed by atoms with Gasteiger partial charge in [0.25, 0.3) is 5.91 Å². The molecule has 2 heterocycles. The number of nitrogens with one attached hydrogen (secondary N) is 1. The van der Waals surface area contributed by atoms with Crippen LogP contribution in [0.3, 0.4) is 0 Å². The predicted molar refractivity (Wildman–Crippen MR) is 102 cm³/mol. The highest BCUT2D eigenvalue weighted by Crippen LogP contribution is 2.27. The van der Waals surface area contributed by atoms with Gasteiger partial charge in [-0.05, 0) is 61.6 Å². The van der Waals surface area contributed by atoms with Gasteiger partial charge in [-0.2, -0.15) is 0 Å². The molecular formula is C20H25FN2O2S. The molecule has 26 heavy (non-hydrogen) atoms. The Kier molecular flexibility index (Phi) is 7.03. The zero-order valence-corrected chi connectivity index (χ0v) is 15.6. The molecule has 0 aliphatic carbocycles. The summed E-state index contributed by atoms with van der Waals surface area (Å²) < 4.78 is 18.3. The van der Waals surface area contributed by atoms with Crippen molar-refractivity contribution in [3.8, 4) is 5.75 Å². The Morgan fingerprint density at radius 1 is 1.15 bits per heavy atom. The van der Waals surface area contributed by atoms with Crippen molar-refractivity contribution in [2.24, 2.45) is 0 Å². The third-order valence-electron chi connectivity index (χ3n) is 4.63. The molecule has 1 fully saturated rings. The Labute approximate surface area is 158 Å². The van der Waals surface area contributed by atoms with E-state index in [1.54, 1.807) is 11.3 Å². The van der Waals surface area contributed by atoms with E-state index in [-0.39, 0.29) is 24.4 Å². The number of carbonyl (C=O) groups excluding carboxylic acids is 1. The van der Waals surface area contributed by atoms with Crippen LogP contribution in [0.15, 0.2) is 41.8 Å². The average Bonchev–Trinajstić information content (AvgIpc) is 3.04. The van der Waals surface area contributed by atoms with E-state index in [4.69, 9.17) is 4.74 Å². The third kappa shape index (κ3) is 5.54. The number of benzene rings is 1. The van der Waals surface area contributed by atoms with Crippen LogP contribution in [0.2, 0.25) is 0 Å². The third-order valence-corrected chi connectivity index (χ3v) is 5.60. The molecule has 6 heteroatoms. The second-order valence-electron chi connectivity index (χ2n) is 6.53. The molecule has 1 aromatic heterocycles. The van der Waals surface area contributed by atoms with Gasteiger partial charge in [0.2, 0.25) is 0 Å². The van der Waals surface area contributed by atoms with Gasteiger partial charge in [-0.15, -0.1) is 11.3 Å². The van der Waals surface area contributed by atoms with E-state index in [9.17, 15) is 9.18 Å². The first-order chi connectivity index (χ1) is 12.7. The van der Waals surface area contributed by atoms with E-state index in [0.717, 1.165) is 13.1 Å². The molecule has 140 valence electrons. The van der Waals surface area contributed by atoms with Crippen molar-refractivity contribution in [2.75, 3.05) is 26.2 Å². The van der Waals surface area contributed by atoms with Gasteiger partial charge >= 0.3 is 0 Å². The van der Waals surface area contributed by atoms with E-state index in [1.807, 2.05) is 0 Å². The molecule has 2 aromatic rings. The van der Waals surface area contributed by atoms with Gasteiger partial charge in [0.05, 0.1) is 6.04 Å². The number of amides is 1. The van der Waals surface area contributed by atoms with Crippen LogP contribution in [0.4, 0.5) is 4.39 Å². The van der Waals surface area contributed by atoms with E-state index in [1.165, 1.54) is 54.8 Å². The maximum atomic E-state index is 12.9. The quantitative estimate of drug-likeness (QED) is 0.794. The zero-order valence-electron chi connectivity index (χ0n) is 14.8. The minimum Gasteiger partial charge on any atom is -0.484 e. The number of rotatable bonds is 7. The van der Waals surface area contributed by atoms with Crippen LogP contribution in [0.1, 0.15) is 36.6 Å². The Bertz CT molecular complexity index is 668. The highest BCUT2D eigenvalue weighted by Gasteiger charge is 2.23. The molecule has 1 aliphatic rings. The van der Waals surface area contributed by atoms with Gasteiger partial charge in [0.15, 0.2) is 6.61 Å². The van der Waals surface area contributed by atoms with Crippen LogP contribution >= 0.6 is 11.3 Å². The summed E-state index contributed by atoms with van der Waals surface area (Å²) in [5, 5.41) is 5.08. The standard InChI is InChI=1S/C20H25FN2O2S/c21-16-7-9-17(10-8-16)25-15-20(24)22-14-18(19-6-5-13-26-19)23-11-3-1-2-4-12-23/h5-10,13,18H,1-4,11-12,14-15H2,(H,22,24)/t18-/m1/s1. The van der Waals surface area contributed by atoms with Gasteiger partial charge in [-0.25, -0.2) is 4.39 Å². The minimum atomic E-state index is -0.321. The van der Waals surface area contributed by atoms with Crippen molar-refractivity contribution in [2.45, 2.75) is 31.7 Å². The van der Waals surface area contributed by atoms with E-state index < -0.39 is 0 Å². The molecule has 1 aromatic carbocycles. The van der Waals surface area contributed by atoms with Crippen LogP contribution in [0, 0.1) is 5.82 Å². The van der Waals surface area contributed by atoms with E-state index >= 15 is 0 Å². The Morgan fingerprint density at radius 2 is 1.88 bits per heavy atom. The van der Waals surface area contributed by atoms with Gasteiger partial charge in [0, 0.05) is 11.4 Å². The Hall–Kier alpha value is -1.92. The van der Waals surface area contributed by atoms with Crippen molar-refractivity contribution in [1.29, 1.82) is 0 Å². The molecular weight excluding hydrogens is 351 g/mol. The Balaban J connectivity index is 1.53. The SMILES string of the molecule is O=C(COc1ccc(F)cc1)NC[C@H](c1cccs1)N1CCCCCC1. The molecule has 1 saturated heterocycles. The van der Waals surface area contributed by atoms with Gasteiger partial charge in [-0.1, -0.05) is 18.9 Å². The van der Waals surface area contributed by atoms with Crippen molar-refractivity contribution in [3.63, 3.8) is 0 Å². The largest absolute Gasteiger partial charge is 0.484 e. The second kappa shape index (κ2) is 9.69. The minimum absolute atomic E-state index is 0.0667. The fourth-order valence-corrected chi connectivity index (χ4v) is 4.10. The number of nitrogens with zero attached hydrogens (tertiary/aromatic N) is 1. The van der Waals surface area contributed by atoms with E-state index in [2.05, 4.69) is 27.7 Å². The summed E-state index contributed by atoms with van der Waals surface area (Å²) in [5.41, 5.74) is 0. The van der Waals surface area contributed by atoms with Crippen molar-refractivity contribution in [1.82, 2.24) is 10.2 Å². The fourth-order valence-electron chi connectivity index (χ4n) is 3.24. The molecule has 0 bridgehead atoms. The van der Waals surface area contributed by atoms with Crippen molar-refractivity contribution in [3.05, 3.63) is 52.5 Å². The summed E-state index contributed by atoms with van der Waals surface area (Å²) in [4.78, 5) is 16.0. The number of hydrogen-bond acceptors (Lipinski definition) is 4. The van der Waals surface area contributed by atoms with Gasteiger partial charge in [-0.3, -0.25) is 9.69 Å². The van der Waals surface area contributed by atoms with Crippen LogP contribution < -0.4 is 10.1 Å². The summed E-state index contributed by atoms with van der Waals surface area (Å²) in [6.45, 7) is 2.66. The lowest BCUT2D eigenvalue weighted by Gasteiger charge is -2.30. The predicted octanol–water partition coefficient (Wildman–Crippen LogP) is 4.00. The Morgan fingerprint density at radius 3 is 2.54 bits per heavy atom. The second-order valence-corrected chi connectivity index (χ2v) is 7.51. The van der Waals surface area contributed by atoms with Crippen LogP contribution in [-0.2, 0) is 4.79 Å². The number of likely N-dealkylation sites (tertiary alicyclic amines) is 1. The van der Waals surface area contributed by atoms with Crippen LogP contribution in [0.5, 0.6) is 5.75 Å². The summed E-state index contributed by atoms with van der Waals surface area (Å²) in [6.07, 6.45) is 4.99. The van der Waals surface area contributed by atoms with Crippen molar-refractivity contribution < 1.29 is 13.9 Å². The molecule has 0 saturated carbocycles. The topological polar surface area (TPSA) is 41.6 Å². The van der Waals surface area contributed by atoms with E-state index in [0.29, 0.717) is 12.3 Å². The first kappa shape index (κ1) is 18.9. The molecule has 1 amide bonds. The molecule has 0 unspecified atom stereocenters. The maximum absolute atomic E-state index is 12.9.